The quantitative estimate of drug-likeness (QED) is 0.464. The summed E-state index contributed by atoms with van der Waals surface area (Å²) in [6.45, 7) is 0.169. The van der Waals surface area contributed by atoms with Gasteiger partial charge in [-0.15, -0.1) is 0 Å². The average Bonchev–Trinajstić information content (AvgIpc) is 2.52. The zero-order valence-corrected chi connectivity index (χ0v) is 11.4. The first-order valence-electron chi connectivity index (χ1n) is 6.22. The number of rotatable bonds is 6. The van der Waals surface area contributed by atoms with Gasteiger partial charge in [-0.2, -0.15) is 0 Å². The van der Waals surface area contributed by atoms with Crippen molar-refractivity contribution in [1.82, 2.24) is 0 Å². The predicted octanol–water partition coefficient (Wildman–Crippen LogP) is 3.15. The SMILES string of the molecule is COc1cccc(/C=N\OCc2cccc([N+](=O)[O-])c2)c1. The molecule has 0 bridgehead atoms. The molecular formula is C15H14N2O4. The lowest BCUT2D eigenvalue weighted by Gasteiger charge is -2.01. The molecule has 2 aromatic rings. The lowest BCUT2D eigenvalue weighted by molar-refractivity contribution is -0.384. The number of nitro groups is 1. The Morgan fingerprint density at radius 2 is 2.05 bits per heavy atom. The van der Waals surface area contributed by atoms with Crippen molar-refractivity contribution in [2.24, 2.45) is 5.16 Å². The largest absolute Gasteiger partial charge is 0.497 e. The Bertz CT molecular complexity index is 656. The van der Waals surface area contributed by atoms with Gasteiger partial charge in [0.05, 0.1) is 18.2 Å². The molecule has 108 valence electrons. The van der Waals surface area contributed by atoms with Crippen LogP contribution >= 0.6 is 0 Å². The van der Waals surface area contributed by atoms with Crippen LogP contribution in [0.15, 0.2) is 53.7 Å². The second-order valence-corrected chi connectivity index (χ2v) is 4.21. The highest BCUT2D eigenvalue weighted by atomic mass is 16.6. The van der Waals surface area contributed by atoms with Crippen LogP contribution in [0.4, 0.5) is 5.69 Å². The molecule has 0 amide bonds. The predicted molar refractivity (Wildman–Crippen MR) is 78.5 cm³/mol. The summed E-state index contributed by atoms with van der Waals surface area (Å²) in [7, 11) is 1.59. The molecule has 2 aromatic carbocycles. The van der Waals surface area contributed by atoms with Crippen molar-refractivity contribution in [2.75, 3.05) is 7.11 Å². The summed E-state index contributed by atoms with van der Waals surface area (Å²) in [5, 5.41) is 14.5. The minimum Gasteiger partial charge on any atom is -0.497 e. The Kier molecular flexibility index (Phi) is 4.87. The molecule has 0 fully saturated rings. The lowest BCUT2D eigenvalue weighted by Crippen LogP contribution is -1.92. The zero-order chi connectivity index (χ0) is 15.1. The van der Waals surface area contributed by atoms with Crippen molar-refractivity contribution in [1.29, 1.82) is 0 Å². The number of methoxy groups -OCH3 is 1. The third kappa shape index (κ3) is 4.31. The molecular weight excluding hydrogens is 272 g/mol. The number of hydrogen-bond acceptors (Lipinski definition) is 5. The van der Waals surface area contributed by atoms with E-state index in [2.05, 4.69) is 5.16 Å². The maximum absolute atomic E-state index is 10.7. The van der Waals surface area contributed by atoms with Gasteiger partial charge in [0.1, 0.15) is 12.4 Å². The van der Waals surface area contributed by atoms with E-state index in [1.165, 1.54) is 12.1 Å². The molecule has 0 aliphatic carbocycles. The standard InChI is InChI=1S/C15H14N2O4/c1-20-15-7-3-4-12(9-15)10-16-21-11-13-5-2-6-14(8-13)17(18)19/h2-10H,11H2,1H3/b16-10-. The smallest absolute Gasteiger partial charge is 0.269 e. The molecule has 0 N–H and O–H groups in total. The van der Waals surface area contributed by atoms with Crippen molar-refractivity contribution in [2.45, 2.75) is 6.61 Å². The molecule has 0 saturated heterocycles. The second-order valence-electron chi connectivity index (χ2n) is 4.21. The topological polar surface area (TPSA) is 74.0 Å². The van der Waals surface area contributed by atoms with Crippen LogP contribution in [0.1, 0.15) is 11.1 Å². The molecule has 0 radical (unpaired) electrons. The highest BCUT2D eigenvalue weighted by molar-refractivity contribution is 5.79. The third-order valence-electron chi connectivity index (χ3n) is 2.72. The molecule has 0 aromatic heterocycles. The van der Waals surface area contributed by atoms with Crippen LogP contribution in [0.5, 0.6) is 5.75 Å². The van der Waals surface area contributed by atoms with Gasteiger partial charge in [-0.05, 0) is 23.3 Å². The molecule has 0 aliphatic rings. The van der Waals surface area contributed by atoms with Gasteiger partial charge in [-0.3, -0.25) is 10.1 Å². The van der Waals surface area contributed by atoms with Crippen molar-refractivity contribution < 1.29 is 14.5 Å². The lowest BCUT2D eigenvalue weighted by atomic mass is 10.2. The highest BCUT2D eigenvalue weighted by Gasteiger charge is 2.05. The van der Waals surface area contributed by atoms with Gasteiger partial charge < -0.3 is 9.57 Å². The van der Waals surface area contributed by atoms with Crippen LogP contribution in [-0.2, 0) is 11.4 Å². The fraction of sp³-hybridized carbons (Fsp3) is 0.133. The average molecular weight is 286 g/mol. The molecule has 0 heterocycles. The molecule has 2 rings (SSSR count). The number of hydrogen-bond donors (Lipinski definition) is 0. The van der Waals surface area contributed by atoms with E-state index in [1.54, 1.807) is 25.5 Å². The Morgan fingerprint density at radius 3 is 2.81 bits per heavy atom. The van der Waals surface area contributed by atoms with Gasteiger partial charge in [0.25, 0.3) is 5.69 Å². The summed E-state index contributed by atoms with van der Waals surface area (Å²) in [4.78, 5) is 15.3. The fourth-order valence-electron chi connectivity index (χ4n) is 1.69. The van der Waals surface area contributed by atoms with Crippen molar-refractivity contribution in [3.63, 3.8) is 0 Å². The van der Waals surface area contributed by atoms with E-state index < -0.39 is 4.92 Å². The summed E-state index contributed by atoms with van der Waals surface area (Å²) < 4.78 is 5.10. The van der Waals surface area contributed by atoms with Crippen molar-refractivity contribution in [3.8, 4) is 5.75 Å². The monoisotopic (exact) mass is 286 g/mol. The minimum atomic E-state index is -0.441. The number of oxime groups is 1. The zero-order valence-electron chi connectivity index (χ0n) is 11.4. The van der Waals surface area contributed by atoms with E-state index in [-0.39, 0.29) is 12.3 Å². The summed E-state index contributed by atoms with van der Waals surface area (Å²) in [6.07, 6.45) is 1.56. The minimum absolute atomic E-state index is 0.0351. The van der Waals surface area contributed by atoms with Crippen LogP contribution in [0.3, 0.4) is 0 Å². The van der Waals surface area contributed by atoms with Crippen molar-refractivity contribution in [3.05, 3.63) is 69.8 Å². The summed E-state index contributed by atoms with van der Waals surface area (Å²) >= 11 is 0. The maximum Gasteiger partial charge on any atom is 0.269 e. The van der Waals surface area contributed by atoms with E-state index in [0.717, 1.165) is 11.3 Å². The number of nitro benzene ring substituents is 1. The molecule has 0 unspecified atom stereocenters. The number of benzene rings is 2. The molecule has 0 saturated carbocycles. The van der Waals surface area contributed by atoms with E-state index in [4.69, 9.17) is 9.57 Å². The van der Waals surface area contributed by atoms with Crippen LogP contribution in [-0.4, -0.2) is 18.2 Å². The fourth-order valence-corrected chi connectivity index (χ4v) is 1.69. The molecule has 6 heteroatoms. The number of non-ortho nitro benzene ring substituents is 1. The first-order chi connectivity index (χ1) is 10.2. The van der Waals surface area contributed by atoms with Gasteiger partial charge in [0, 0.05) is 12.1 Å². The van der Waals surface area contributed by atoms with Crippen LogP contribution in [0.25, 0.3) is 0 Å². The van der Waals surface area contributed by atoms with Crippen LogP contribution < -0.4 is 4.74 Å². The number of ether oxygens (including phenoxy) is 1. The Hall–Kier alpha value is -2.89. The first-order valence-corrected chi connectivity index (χ1v) is 6.22. The highest BCUT2D eigenvalue weighted by Crippen LogP contribution is 2.14. The molecule has 21 heavy (non-hydrogen) atoms. The number of nitrogens with zero attached hydrogens (tertiary/aromatic N) is 2. The van der Waals surface area contributed by atoms with Gasteiger partial charge >= 0.3 is 0 Å². The van der Waals surface area contributed by atoms with E-state index in [0.29, 0.717) is 5.56 Å². The molecule has 0 spiro atoms. The summed E-state index contributed by atoms with van der Waals surface area (Å²) in [5.41, 5.74) is 1.56. The molecule has 0 atom stereocenters. The van der Waals surface area contributed by atoms with E-state index >= 15 is 0 Å². The Morgan fingerprint density at radius 1 is 1.24 bits per heavy atom. The van der Waals surface area contributed by atoms with Crippen molar-refractivity contribution >= 4 is 11.9 Å². The van der Waals surface area contributed by atoms with E-state index in [1.807, 2.05) is 24.3 Å². The normalized spacial score (nSPS) is 10.5. The molecule has 6 nitrogen and oxygen atoms in total. The second kappa shape index (κ2) is 7.04. The first kappa shape index (κ1) is 14.5. The Balaban J connectivity index is 1.93. The van der Waals surface area contributed by atoms with Gasteiger partial charge in [0.2, 0.25) is 0 Å². The Labute approximate surface area is 121 Å². The maximum atomic E-state index is 10.7. The van der Waals surface area contributed by atoms with Crippen LogP contribution in [0, 0.1) is 10.1 Å². The molecule has 0 aliphatic heterocycles. The van der Waals surface area contributed by atoms with Gasteiger partial charge in [-0.1, -0.05) is 29.4 Å². The summed E-state index contributed by atoms with van der Waals surface area (Å²) in [5.74, 6) is 0.734. The van der Waals surface area contributed by atoms with E-state index in [9.17, 15) is 10.1 Å². The van der Waals surface area contributed by atoms with Crippen LogP contribution in [0.2, 0.25) is 0 Å². The summed E-state index contributed by atoms with van der Waals surface area (Å²) in [6, 6.07) is 13.6. The van der Waals surface area contributed by atoms with Gasteiger partial charge in [0.15, 0.2) is 0 Å². The third-order valence-corrected chi connectivity index (χ3v) is 2.72. The van der Waals surface area contributed by atoms with Gasteiger partial charge in [-0.25, -0.2) is 0 Å².